The quantitative estimate of drug-likeness (QED) is 0.525. The molecule has 0 aliphatic carbocycles. The molecule has 0 bridgehead atoms. The van der Waals surface area contributed by atoms with E-state index in [4.69, 9.17) is 0 Å². The predicted molar refractivity (Wildman–Crippen MR) is 102 cm³/mol. The van der Waals surface area contributed by atoms with Crippen molar-refractivity contribution in [3.05, 3.63) is 0 Å². The molecule has 2 rings (SSSR count). The molecule has 2 aliphatic heterocycles. The molecule has 2 N–H and O–H groups in total. The molecule has 1 unspecified atom stereocenters. The van der Waals surface area contributed by atoms with E-state index in [0.717, 1.165) is 36.2 Å². The fourth-order valence-electron chi connectivity index (χ4n) is 2.59. The van der Waals surface area contributed by atoms with Crippen LogP contribution in [0.1, 0.15) is 19.8 Å². The second-order valence-corrected chi connectivity index (χ2v) is 10.1. The molecule has 0 saturated carbocycles. The summed E-state index contributed by atoms with van der Waals surface area (Å²) in [5.41, 5.74) is 0. The summed E-state index contributed by atoms with van der Waals surface area (Å²) in [6.07, 6.45) is 2.38. The van der Waals surface area contributed by atoms with Gasteiger partial charge in [-0.15, -0.1) is 0 Å². The summed E-state index contributed by atoms with van der Waals surface area (Å²) in [4.78, 5) is 4.46. The number of nitrogens with one attached hydrogen (secondary N) is 2. The lowest BCUT2D eigenvalue weighted by molar-refractivity contribution is 0.444. The minimum atomic E-state index is -3.17. The Morgan fingerprint density at radius 1 is 1.26 bits per heavy atom. The number of aliphatic imine (C=N–C) groups is 1. The highest BCUT2D eigenvalue weighted by Crippen LogP contribution is 2.16. The largest absolute Gasteiger partial charge is 0.357 e. The zero-order valence-electron chi connectivity index (χ0n) is 13.8. The molecule has 0 aromatic rings. The summed E-state index contributed by atoms with van der Waals surface area (Å²) in [5.74, 6) is 4.95. The van der Waals surface area contributed by atoms with Gasteiger partial charge in [0.25, 0.3) is 0 Å². The van der Waals surface area contributed by atoms with Gasteiger partial charge in [0.2, 0.25) is 10.0 Å². The molecule has 23 heavy (non-hydrogen) atoms. The van der Waals surface area contributed by atoms with E-state index in [-0.39, 0.29) is 5.75 Å². The second kappa shape index (κ2) is 10.0. The summed E-state index contributed by atoms with van der Waals surface area (Å²) in [5, 5.41) is 6.64. The van der Waals surface area contributed by atoms with Gasteiger partial charge in [0.05, 0.1) is 12.3 Å². The Kier molecular flexibility index (Phi) is 8.35. The highest BCUT2D eigenvalue weighted by molar-refractivity contribution is 7.99. The minimum absolute atomic E-state index is 0.0909. The van der Waals surface area contributed by atoms with E-state index in [9.17, 15) is 8.42 Å². The molecule has 0 amide bonds. The molecule has 2 aliphatic rings. The summed E-state index contributed by atoms with van der Waals surface area (Å²) in [6.45, 7) is 4.38. The van der Waals surface area contributed by atoms with Crippen LogP contribution < -0.4 is 10.6 Å². The Hall–Kier alpha value is -0.120. The lowest BCUT2D eigenvalue weighted by atomic mass is 10.2. The number of hydrogen-bond acceptors (Lipinski definition) is 5. The second-order valence-electron chi connectivity index (χ2n) is 5.65. The SMILES string of the molecule is CCNC(=NCCS(=O)(=O)N1CCSCC1)NC1CCCSC1. The van der Waals surface area contributed by atoms with Crippen molar-refractivity contribution in [1.82, 2.24) is 14.9 Å². The fraction of sp³-hybridized carbons (Fsp3) is 0.929. The summed E-state index contributed by atoms with van der Waals surface area (Å²) < 4.78 is 26.2. The van der Waals surface area contributed by atoms with Crippen molar-refractivity contribution in [2.24, 2.45) is 4.99 Å². The van der Waals surface area contributed by atoms with Gasteiger partial charge in [0, 0.05) is 42.9 Å². The molecule has 9 heteroatoms. The Morgan fingerprint density at radius 3 is 2.70 bits per heavy atom. The van der Waals surface area contributed by atoms with Gasteiger partial charge in [-0.1, -0.05) is 0 Å². The van der Waals surface area contributed by atoms with Crippen LogP contribution in [-0.2, 0) is 10.0 Å². The number of sulfonamides is 1. The Morgan fingerprint density at radius 2 is 2.04 bits per heavy atom. The molecule has 0 radical (unpaired) electrons. The maximum atomic E-state index is 12.3. The average Bonchev–Trinajstić information content (AvgIpc) is 2.56. The Labute approximate surface area is 148 Å². The van der Waals surface area contributed by atoms with Gasteiger partial charge in [0.1, 0.15) is 0 Å². The third-order valence-electron chi connectivity index (χ3n) is 3.83. The Balaban J connectivity index is 1.83. The van der Waals surface area contributed by atoms with Crippen LogP contribution in [0.25, 0.3) is 0 Å². The molecular weight excluding hydrogens is 352 g/mol. The van der Waals surface area contributed by atoms with Crippen LogP contribution in [0.15, 0.2) is 4.99 Å². The number of nitrogens with zero attached hydrogens (tertiary/aromatic N) is 2. The van der Waals surface area contributed by atoms with Crippen molar-refractivity contribution in [2.75, 3.05) is 54.9 Å². The van der Waals surface area contributed by atoms with Crippen LogP contribution in [0.3, 0.4) is 0 Å². The van der Waals surface area contributed by atoms with Crippen molar-refractivity contribution in [3.63, 3.8) is 0 Å². The van der Waals surface area contributed by atoms with E-state index < -0.39 is 10.0 Å². The number of hydrogen-bond donors (Lipinski definition) is 2. The van der Waals surface area contributed by atoms with Crippen molar-refractivity contribution in [3.8, 4) is 0 Å². The summed E-state index contributed by atoms with van der Waals surface area (Å²) >= 11 is 3.77. The van der Waals surface area contributed by atoms with Gasteiger partial charge in [0.15, 0.2) is 5.96 Å². The first-order valence-electron chi connectivity index (χ1n) is 8.30. The molecule has 134 valence electrons. The maximum Gasteiger partial charge on any atom is 0.215 e. The smallest absolute Gasteiger partial charge is 0.215 e. The maximum absolute atomic E-state index is 12.3. The summed E-state index contributed by atoms with van der Waals surface area (Å²) in [6, 6.07) is 0.433. The van der Waals surface area contributed by atoms with Gasteiger partial charge in [-0.05, 0) is 25.5 Å². The van der Waals surface area contributed by atoms with Crippen molar-refractivity contribution in [1.29, 1.82) is 0 Å². The summed E-state index contributed by atoms with van der Waals surface area (Å²) in [7, 11) is -3.17. The highest BCUT2D eigenvalue weighted by Gasteiger charge is 2.23. The number of thioether (sulfide) groups is 2. The van der Waals surface area contributed by atoms with Gasteiger partial charge >= 0.3 is 0 Å². The lowest BCUT2D eigenvalue weighted by Gasteiger charge is -2.26. The normalized spacial score (nSPS) is 24.4. The molecule has 0 aromatic carbocycles. The van der Waals surface area contributed by atoms with Crippen LogP contribution in [0.4, 0.5) is 0 Å². The van der Waals surface area contributed by atoms with E-state index >= 15 is 0 Å². The van der Waals surface area contributed by atoms with E-state index in [2.05, 4.69) is 15.6 Å². The molecule has 1 atom stereocenters. The van der Waals surface area contributed by atoms with Crippen LogP contribution >= 0.6 is 23.5 Å². The van der Waals surface area contributed by atoms with E-state index in [1.807, 2.05) is 30.4 Å². The predicted octanol–water partition coefficient (Wildman–Crippen LogP) is 0.816. The minimum Gasteiger partial charge on any atom is -0.357 e. The zero-order chi connectivity index (χ0) is 16.5. The third kappa shape index (κ3) is 6.72. The van der Waals surface area contributed by atoms with E-state index in [1.54, 1.807) is 4.31 Å². The first kappa shape index (κ1) is 19.2. The van der Waals surface area contributed by atoms with Crippen molar-refractivity contribution in [2.45, 2.75) is 25.8 Å². The molecule has 0 spiro atoms. The first-order chi connectivity index (χ1) is 11.1. The first-order valence-corrected chi connectivity index (χ1v) is 12.2. The lowest BCUT2D eigenvalue weighted by Crippen LogP contribution is -2.46. The number of rotatable bonds is 6. The molecular formula is C14H28N4O2S3. The van der Waals surface area contributed by atoms with Crippen molar-refractivity contribution >= 4 is 39.5 Å². The Bertz CT molecular complexity index is 472. The fourth-order valence-corrected chi connectivity index (χ4v) is 6.12. The van der Waals surface area contributed by atoms with E-state index in [1.165, 1.54) is 12.2 Å². The molecule has 2 saturated heterocycles. The third-order valence-corrected chi connectivity index (χ3v) is 7.84. The van der Waals surface area contributed by atoms with Gasteiger partial charge in [-0.2, -0.15) is 23.5 Å². The van der Waals surface area contributed by atoms with Gasteiger partial charge in [-0.25, -0.2) is 12.7 Å². The highest BCUT2D eigenvalue weighted by atomic mass is 32.2. The van der Waals surface area contributed by atoms with Crippen molar-refractivity contribution < 1.29 is 8.42 Å². The van der Waals surface area contributed by atoms with Crippen LogP contribution in [0.2, 0.25) is 0 Å². The molecule has 2 fully saturated rings. The van der Waals surface area contributed by atoms with Crippen LogP contribution in [0.5, 0.6) is 0 Å². The topological polar surface area (TPSA) is 73.8 Å². The zero-order valence-corrected chi connectivity index (χ0v) is 16.2. The standard InChI is InChI=1S/C14H28N4O2S3/c1-2-15-14(17-13-4-3-8-22-12-13)16-5-11-23(19,20)18-6-9-21-10-7-18/h13H,2-12H2,1H3,(H2,15,16,17). The van der Waals surface area contributed by atoms with Gasteiger partial charge < -0.3 is 10.6 Å². The van der Waals surface area contributed by atoms with Crippen LogP contribution in [-0.4, -0.2) is 79.7 Å². The number of guanidine groups is 1. The molecule has 6 nitrogen and oxygen atoms in total. The molecule has 0 aromatic heterocycles. The van der Waals surface area contributed by atoms with Gasteiger partial charge in [-0.3, -0.25) is 4.99 Å². The van der Waals surface area contributed by atoms with Crippen LogP contribution in [0, 0.1) is 0 Å². The van der Waals surface area contributed by atoms with E-state index in [0.29, 0.717) is 25.7 Å². The average molecular weight is 381 g/mol. The monoisotopic (exact) mass is 380 g/mol. The molecule has 2 heterocycles.